The first-order valence-corrected chi connectivity index (χ1v) is 6.76. The molecule has 0 bridgehead atoms. The molecule has 0 saturated carbocycles. The monoisotopic (exact) mass is 267 g/mol. The number of ether oxygens (including phenoxy) is 1. The Morgan fingerprint density at radius 1 is 1.53 bits per heavy atom. The molecule has 0 atom stereocenters. The topological polar surface area (TPSA) is 37.4 Å². The second-order valence-corrected chi connectivity index (χ2v) is 5.45. The van der Waals surface area contributed by atoms with Crippen LogP contribution in [0, 0.1) is 5.82 Å². The van der Waals surface area contributed by atoms with Crippen molar-refractivity contribution in [2.24, 2.45) is 0 Å². The van der Waals surface area contributed by atoms with E-state index in [1.54, 1.807) is 6.07 Å². The van der Waals surface area contributed by atoms with Crippen LogP contribution >= 0.6 is 0 Å². The Bertz CT molecular complexity index is 437. The van der Waals surface area contributed by atoms with Gasteiger partial charge in [-0.25, -0.2) is 9.37 Å². The van der Waals surface area contributed by atoms with Gasteiger partial charge in [0.15, 0.2) is 0 Å². The lowest BCUT2D eigenvalue weighted by Crippen LogP contribution is -2.49. The van der Waals surface area contributed by atoms with Gasteiger partial charge in [0.1, 0.15) is 11.6 Å². The van der Waals surface area contributed by atoms with Crippen molar-refractivity contribution in [3.8, 4) is 0 Å². The standard InChI is InChI=1S/C14H22FN3O/c1-4-16-8-11-7-12(15)9-17-13(11)18-5-6-19-14(2,3)10-18/h7,9,16H,4-6,8,10H2,1-3H3. The van der Waals surface area contributed by atoms with Gasteiger partial charge in [0.05, 0.1) is 18.4 Å². The van der Waals surface area contributed by atoms with E-state index >= 15 is 0 Å². The summed E-state index contributed by atoms with van der Waals surface area (Å²) < 4.78 is 19.1. The number of aromatic nitrogens is 1. The molecule has 4 nitrogen and oxygen atoms in total. The molecule has 0 amide bonds. The smallest absolute Gasteiger partial charge is 0.141 e. The van der Waals surface area contributed by atoms with E-state index in [4.69, 9.17) is 4.74 Å². The number of nitrogens with zero attached hydrogens (tertiary/aromatic N) is 2. The van der Waals surface area contributed by atoms with Gasteiger partial charge in [0, 0.05) is 25.2 Å². The van der Waals surface area contributed by atoms with E-state index in [9.17, 15) is 4.39 Å². The zero-order chi connectivity index (χ0) is 13.9. The first kappa shape index (κ1) is 14.2. The van der Waals surface area contributed by atoms with Crippen molar-refractivity contribution in [2.45, 2.75) is 32.9 Å². The van der Waals surface area contributed by atoms with Crippen molar-refractivity contribution in [3.05, 3.63) is 23.6 Å². The lowest BCUT2D eigenvalue weighted by molar-refractivity contribution is -0.0279. The summed E-state index contributed by atoms with van der Waals surface area (Å²) in [5.74, 6) is 0.572. The highest BCUT2D eigenvalue weighted by molar-refractivity contribution is 5.47. The largest absolute Gasteiger partial charge is 0.372 e. The molecule has 1 fully saturated rings. The molecule has 2 rings (SSSR count). The summed E-state index contributed by atoms with van der Waals surface area (Å²) in [4.78, 5) is 6.45. The summed E-state index contributed by atoms with van der Waals surface area (Å²) in [7, 11) is 0. The molecular weight excluding hydrogens is 245 g/mol. The molecule has 1 aromatic rings. The van der Waals surface area contributed by atoms with Gasteiger partial charge in [-0.05, 0) is 26.5 Å². The van der Waals surface area contributed by atoms with Crippen LogP contribution in [-0.2, 0) is 11.3 Å². The fourth-order valence-corrected chi connectivity index (χ4v) is 2.35. The summed E-state index contributed by atoms with van der Waals surface area (Å²) in [5.41, 5.74) is 0.712. The van der Waals surface area contributed by atoms with Gasteiger partial charge in [-0.1, -0.05) is 6.92 Å². The van der Waals surface area contributed by atoms with E-state index in [2.05, 4.69) is 29.0 Å². The third-order valence-corrected chi connectivity index (χ3v) is 3.20. The molecule has 0 aromatic carbocycles. The van der Waals surface area contributed by atoms with Crippen molar-refractivity contribution < 1.29 is 9.13 Å². The summed E-state index contributed by atoms with van der Waals surface area (Å²) in [6.07, 6.45) is 1.28. The van der Waals surface area contributed by atoms with Crippen molar-refractivity contribution >= 4 is 5.82 Å². The van der Waals surface area contributed by atoms with Gasteiger partial charge < -0.3 is 15.0 Å². The minimum Gasteiger partial charge on any atom is -0.372 e. The second-order valence-electron chi connectivity index (χ2n) is 5.45. The molecule has 2 heterocycles. The van der Waals surface area contributed by atoms with E-state index in [1.165, 1.54) is 6.20 Å². The molecule has 0 spiro atoms. The number of morpholine rings is 1. The van der Waals surface area contributed by atoms with Crippen LogP contribution in [0.1, 0.15) is 26.3 Å². The maximum Gasteiger partial charge on any atom is 0.141 e. The Balaban J connectivity index is 2.22. The van der Waals surface area contributed by atoms with Crippen molar-refractivity contribution in [1.82, 2.24) is 10.3 Å². The van der Waals surface area contributed by atoms with Gasteiger partial charge >= 0.3 is 0 Å². The molecule has 0 radical (unpaired) electrons. The molecule has 106 valence electrons. The van der Waals surface area contributed by atoms with Gasteiger partial charge in [-0.2, -0.15) is 0 Å². The fourth-order valence-electron chi connectivity index (χ4n) is 2.35. The van der Waals surface area contributed by atoms with Gasteiger partial charge in [-0.3, -0.25) is 0 Å². The summed E-state index contributed by atoms with van der Waals surface area (Å²) >= 11 is 0. The number of halogens is 1. The van der Waals surface area contributed by atoms with Crippen LogP contribution in [0.4, 0.5) is 10.2 Å². The Morgan fingerprint density at radius 2 is 2.32 bits per heavy atom. The summed E-state index contributed by atoms with van der Waals surface area (Å²) in [5, 5.41) is 3.23. The molecule has 1 N–H and O–H groups in total. The van der Waals surface area contributed by atoms with E-state index in [0.717, 1.165) is 31.0 Å². The van der Waals surface area contributed by atoms with Crippen molar-refractivity contribution in [1.29, 1.82) is 0 Å². The van der Waals surface area contributed by atoms with E-state index < -0.39 is 0 Å². The average Bonchev–Trinajstić information content (AvgIpc) is 2.35. The number of pyridine rings is 1. The average molecular weight is 267 g/mol. The molecule has 1 aliphatic heterocycles. The summed E-state index contributed by atoms with van der Waals surface area (Å²) in [6.45, 7) is 9.88. The zero-order valence-corrected chi connectivity index (χ0v) is 11.9. The third kappa shape index (κ3) is 3.64. The molecule has 0 aliphatic carbocycles. The Kier molecular flexibility index (Phi) is 4.37. The SMILES string of the molecule is CCNCc1cc(F)cnc1N1CCOC(C)(C)C1. The lowest BCUT2D eigenvalue weighted by atomic mass is 10.1. The van der Waals surface area contributed by atoms with Crippen LogP contribution < -0.4 is 10.2 Å². The highest BCUT2D eigenvalue weighted by Gasteiger charge is 2.29. The van der Waals surface area contributed by atoms with Crippen LogP contribution in [0.3, 0.4) is 0 Å². The number of rotatable bonds is 4. The van der Waals surface area contributed by atoms with Gasteiger partial charge in [0.25, 0.3) is 0 Å². The normalized spacial score (nSPS) is 18.6. The Hall–Kier alpha value is -1.20. The first-order chi connectivity index (χ1) is 9.02. The number of hydrogen-bond acceptors (Lipinski definition) is 4. The maximum atomic E-state index is 13.4. The summed E-state index contributed by atoms with van der Waals surface area (Å²) in [6, 6.07) is 1.56. The van der Waals surface area contributed by atoms with Crippen molar-refractivity contribution in [3.63, 3.8) is 0 Å². The molecule has 5 heteroatoms. The number of hydrogen-bond donors (Lipinski definition) is 1. The Morgan fingerprint density at radius 3 is 3.00 bits per heavy atom. The molecule has 1 aromatic heterocycles. The predicted molar refractivity (Wildman–Crippen MR) is 73.8 cm³/mol. The zero-order valence-electron chi connectivity index (χ0n) is 11.9. The van der Waals surface area contributed by atoms with Crippen LogP contribution in [-0.4, -0.2) is 36.8 Å². The first-order valence-electron chi connectivity index (χ1n) is 6.76. The van der Waals surface area contributed by atoms with Crippen LogP contribution in [0.2, 0.25) is 0 Å². The highest BCUT2D eigenvalue weighted by Crippen LogP contribution is 2.24. The maximum absolute atomic E-state index is 13.4. The number of nitrogens with one attached hydrogen (secondary N) is 1. The fraction of sp³-hybridized carbons (Fsp3) is 0.643. The Labute approximate surface area is 114 Å². The molecular formula is C14H22FN3O. The van der Waals surface area contributed by atoms with Crippen LogP contribution in [0.15, 0.2) is 12.3 Å². The highest BCUT2D eigenvalue weighted by atomic mass is 19.1. The van der Waals surface area contributed by atoms with Gasteiger partial charge in [0.2, 0.25) is 0 Å². The quantitative estimate of drug-likeness (QED) is 0.904. The number of anilines is 1. The lowest BCUT2D eigenvalue weighted by Gasteiger charge is -2.39. The minimum absolute atomic E-state index is 0.191. The second kappa shape index (κ2) is 5.84. The van der Waals surface area contributed by atoms with Gasteiger partial charge in [-0.15, -0.1) is 0 Å². The third-order valence-electron chi connectivity index (χ3n) is 3.20. The van der Waals surface area contributed by atoms with E-state index in [-0.39, 0.29) is 11.4 Å². The molecule has 1 saturated heterocycles. The van der Waals surface area contributed by atoms with Crippen LogP contribution in [0.25, 0.3) is 0 Å². The van der Waals surface area contributed by atoms with Crippen LogP contribution in [0.5, 0.6) is 0 Å². The van der Waals surface area contributed by atoms with Crippen molar-refractivity contribution in [2.75, 3.05) is 31.1 Å². The minimum atomic E-state index is -0.288. The van der Waals surface area contributed by atoms with E-state index in [1.807, 2.05) is 6.92 Å². The molecule has 0 unspecified atom stereocenters. The molecule has 19 heavy (non-hydrogen) atoms. The predicted octanol–water partition coefficient (Wildman–Crippen LogP) is 1.95. The molecule has 1 aliphatic rings. The van der Waals surface area contributed by atoms with E-state index in [0.29, 0.717) is 13.2 Å².